The zero-order valence-electron chi connectivity index (χ0n) is 13.0. The summed E-state index contributed by atoms with van der Waals surface area (Å²) in [6, 6.07) is 3.35. The zero-order chi connectivity index (χ0) is 16.3. The summed E-state index contributed by atoms with van der Waals surface area (Å²) < 4.78 is 0. The normalized spacial score (nSPS) is 17.0. The lowest BCUT2D eigenvalue weighted by atomic mass is 9.86. The first kappa shape index (κ1) is 16.7. The molecule has 0 saturated heterocycles. The van der Waals surface area contributed by atoms with Crippen LogP contribution in [-0.4, -0.2) is 28.3 Å². The third kappa shape index (κ3) is 3.24. The maximum Gasteiger partial charge on any atom is 0.288 e. The molecular formula is C16H21ClN2O3. The van der Waals surface area contributed by atoms with Crippen molar-refractivity contribution in [3.63, 3.8) is 0 Å². The second kappa shape index (κ2) is 7.09. The molecule has 0 spiro atoms. The van der Waals surface area contributed by atoms with Crippen LogP contribution in [0.3, 0.4) is 0 Å². The Morgan fingerprint density at radius 1 is 1.45 bits per heavy atom. The molecule has 0 heterocycles. The van der Waals surface area contributed by atoms with Gasteiger partial charge in [-0.05, 0) is 36.8 Å². The number of nitro groups is 1. The number of fused-ring (bicyclic) bond motifs is 1. The number of rotatable bonds is 5. The number of hydrogen-bond acceptors (Lipinski definition) is 3. The summed E-state index contributed by atoms with van der Waals surface area (Å²) >= 11 is 6.24. The SMILES string of the molecule is CCCN(C(=O)CC)C1CCc2ccc([N+](=O)[O-])c(Cl)c2C1. The Hall–Kier alpha value is -1.62. The average Bonchev–Trinajstić information content (AvgIpc) is 2.51. The van der Waals surface area contributed by atoms with Gasteiger partial charge in [0.25, 0.3) is 5.69 Å². The smallest absolute Gasteiger partial charge is 0.288 e. The highest BCUT2D eigenvalue weighted by molar-refractivity contribution is 6.33. The molecule has 1 aromatic rings. The van der Waals surface area contributed by atoms with Crippen LogP contribution < -0.4 is 0 Å². The Labute approximate surface area is 135 Å². The van der Waals surface area contributed by atoms with E-state index in [9.17, 15) is 14.9 Å². The van der Waals surface area contributed by atoms with Gasteiger partial charge in [0.2, 0.25) is 5.91 Å². The van der Waals surface area contributed by atoms with Gasteiger partial charge in [0.15, 0.2) is 0 Å². The van der Waals surface area contributed by atoms with E-state index in [0.717, 1.165) is 36.9 Å². The number of aryl methyl sites for hydroxylation is 1. The molecule has 1 amide bonds. The fourth-order valence-corrected chi connectivity index (χ4v) is 3.46. The molecule has 0 radical (unpaired) electrons. The van der Waals surface area contributed by atoms with Crippen molar-refractivity contribution >= 4 is 23.2 Å². The highest BCUT2D eigenvalue weighted by atomic mass is 35.5. The lowest BCUT2D eigenvalue weighted by Crippen LogP contribution is -2.43. The Morgan fingerprint density at radius 3 is 2.77 bits per heavy atom. The van der Waals surface area contributed by atoms with Gasteiger partial charge in [-0.1, -0.05) is 31.5 Å². The van der Waals surface area contributed by atoms with Gasteiger partial charge in [0.05, 0.1) is 4.92 Å². The van der Waals surface area contributed by atoms with E-state index >= 15 is 0 Å². The maximum atomic E-state index is 12.2. The quantitative estimate of drug-likeness (QED) is 0.612. The molecule has 1 atom stereocenters. The van der Waals surface area contributed by atoms with E-state index in [1.54, 1.807) is 6.07 Å². The van der Waals surface area contributed by atoms with Crippen molar-refractivity contribution in [3.8, 4) is 0 Å². The lowest BCUT2D eigenvalue weighted by molar-refractivity contribution is -0.384. The first-order chi connectivity index (χ1) is 10.5. The number of hydrogen-bond donors (Lipinski definition) is 0. The van der Waals surface area contributed by atoms with Crippen molar-refractivity contribution in [2.75, 3.05) is 6.54 Å². The van der Waals surface area contributed by atoms with Crippen molar-refractivity contribution in [1.82, 2.24) is 4.90 Å². The number of nitrogens with zero attached hydrogens (tertiary/aromatic N) is 2. The minimum Gasteiger partial charge on any atom is -0.339 e. The van der Waals surface area contributed by atoms with E-state index in [1.807, 2.05) is 18.7 Å². The van der Waals surface area contributed by atoms with Crippen LogP contribution in [0, 0.1) is 10.1 Å². The summed E-state index contributed by atoms with van der Waals surface area (Å²) in [7, 11) is 0. The predicted molar refractivity (Wildman–Crippen MR) is 86.2 cm³/mol. The Balaban J connectivity index is 2.31. The first-order valence-corrected chi connectivity index (χ1v) is 8.11. The molecule has 5 nitrogen and oxygen atoms in total. The molecular weight excluding hydrogens is 304 g/mol. The van der Waals surface area contributed by atoms with Crippen molar-refractivity contribution in [3.05, 3.63) is 38.4 Å². The van der Waals surface area contributed by atoms with E-state index in [1.165, 1.54) is 6.07 Å². The molecule has 1 aromatic carbocycles. The van der Waals surface area contributed by atoms with Crippen LogP contribution in [0.2, 0.25) is 5.02 Å². The molecule has 1 aliphatic rings. The van der Waals surface area contributed by atoms with E-state index in [-0.39, 0.29) is 22.7 Å². The van der Waals surface area contributed by atoms with Crippen LogP contribution >= 0.6 is 11.6 Å². The number of amides is 1. The van der Waals surface area contributed by atoms with Crippen LogP contribution in [0.5, 0.6) is 0 Å². The number of halogens is 1. The molecule has 0 saturated carbocycles. The Morgan fingerprint density at radius 2 is 2.18 bits per heavy atom. The van der Waals surface area contributed by atoms with Gasteiger partial charge < -0.3 is 4.90 Å². The molecule has 0 bridgehead atoms. The van der Waals surface area contributed by atoms with Gasteiger partial charge in [-0.2, -0.15) is 0 Å². The monoisotopic (exact) mass is 324 g/mol. The molecule has 120 valence electrons. The summed E-state index contributed by atoms with van der Waals surface area (Å²) in [6.07, 6.45) is 3.66. The van der Waals surface area contributed by atoms with Crippen LogP contribution in [-0.2, 0) is 17.6 Å². The van der Waals surface area contributed by atoms with Gasteiger partial charge in [0.1, 0.15) is 5.02 Å². The molecule has 0 fully saturated rings. The molecule has 0 aliphatic heterocycles. The molecule has 0 N–H and O–H groups in total. The van der Waals surface area contributed by atoms with Crippen LogP contribution in [0.4, 0.5) is 5.69 Å². The van der Waals surface area contributed by atoms with Gasteiger partial charge in [0, 0.05) is 25.1 Å². The molecule has 0 aromatic heterocycles. The van der Waals surface area contributed by atoms with Gasteiger partial charge in [-0.15, -0.1) is 0 Å². The Bertz CT molecular complexity index is 589. The summed E-state index contributed by atoms with van der Waals surface area (Å²) in [5, 5.41) is 11.3. The summed E-state index contributed by atoms with van der Waals surface area (Å²) in [5.74, 6) is 0.136. The van der Waals surface area contributed by atoms with Gasteiger partial charge in [-0.25, -0.2) is 0 Å². The molecule has 22 heavy (non-hydrogen) atoms. The van der Waals surface area contributed by atoms with Crippen LogP contribution in [0.25, 0.3) is 0 Å². The summed E-state index contributed by atoms with van der Waals surface area (Å²) in [6.45, 7) is 4.63. The van der Waals surface area contributed by atoms with Crippen LogP contribution in [0.15, 0.2) is 12.1 Å². The maximum absolute atomic E-state index is 12.2. The topological polar surface area (TPSA) is 63.5 Å². The molecule has 6 heteroatoms. The Kier molecular flexibility index (Phi) is 5.40. The van der Waals surface area contributed by atoms with Crippen molar-refractivity contribution < 1.29 is 9.72 Å². The minimum absolute atomic E-state index is 0.0510. The second-order valence-electron chi connectivity index (χ2n) is 5.63. The fourth-order valence-electron chi connectivity index (χ4n) is 3.13. The van der Waals surface area contributed by atoms with E-state index < -0.39 is 4.92 Å². The largest absolute Gasteiger partial charge is 0.339 e. The molecule has 1 unspecified atom stereocenters. The number of carbonyl (C=O) groups excluding carboxylic acids is 1. The lowest BCUT2D eigenvalue weighted by Gasteiger charge is -2.35. The number of nitro benzene ring substituents is 1. The summed E-state index contributed by atoms with van der Waals surface area (Å²) in [4.78, 5) is 24.7. The fraction of sp³-hybridized carbons (Fsp3) is 0.562. The molecule has 1 aliphatic carbocycles. The first-order valence-electron chi connectivity index (χ1n) is 7.73. The highest BCUT2D eigenvalue weighted by Crippen LogP contribution is 2.36. The minimum atomic E-state index is -0.451. The van der Waals surface area contributed by atoms with Crippen molar-refractivity contribution in [2.24, 2.45) is 0 Å². The third-order valence-electron chi connectivity index (χ3n) is 4.23. The number of benzene rings is 1. The van der Waals surface area contributed by atoms with Crippen molar-refractivity contribution in [2.45, 2.75) is 52.0 Å². The predicted octanol–water partition coefficient (Wildman–Crippen LogP) is 3.75. The van der Waals surface area contributed by atoms with Crippen molar-refractivity contribution in [1.29, 1.82) is 0 Å². The number of carbonyl (C=O) groups is 1. The van der Waals surface area contributed by atoms with Gasteiger partial charge in [-0.3, -0.25) is 14.9 Å². The second-order valence-corrected chi connectivity index (χ2v) is 6.01. The van der Waals surface area contributed by atoms with Crippen LogP contribution in [0.1, 0.15) is 44.2 Å². The molecule has 2 rings (SSSR count). The summed E-state index contributed by atoms with van der Waals surface area (Å²) in [5.41, 5.74) is 1.84. The highest BCUT2D eigenvalue weighted by Gasteiger charge is 2.30. The average molecular weight is 325 g/mol. The van der Waals surface area contributed by atoms with E-state index in [2.05, 4.69) is 0 Å². The van der Waals surface area contributed by atoms with Gasteiger partial charge >= 0.3 is 0 Å². The zero-order valence-corrected chi connectivity index (χ0v) is 13.7. The van der Waals surface area contributed by atoms with E-state index in [4.69, 9.17) is 11.6 Å². The van der Waals surface area contributed by atoms with E-state index in [0.29, 0.717) is 12.8 Å². The third-order valence-corrected chi connectivity index (χ3v) is 4.65. The standard InChI is InChI=1S/C16H21ClN2O3/c1-3-9-18(15(20)4-2)12-7-5-11-6-8-14(19(21)22)16(17)13(11)10-12/h6,8,12H,3-5,7,9-10H2,1-2H3.